The number of halogens is 5. The van der Waals surface area contributed by atoms with Gasteiger partial charge in [-0.3, -0.25) is 20.2 Å². The van der Waals surface area contributed by atoms with Gasteiger partial charge in [-0.25, -0.2) is 18.3 Å². The molecule has 4 aromatic rings. The number of nitro groups is 2. The third kappa shape index (κ3) is 17.5. The largest absolute Gasteiger partial charge is 1.00 e. The standard InChI is InChI=1S/C14H19N4O2.C13H17N4O3.2ClH.I2.HI/c1-2-16-10-11-17(12-16)9-3-8-15-13-4-6-14(7-5-13)18(19)20;18-11-16-9-8-15(10-16)7-1-6-14-12-2-4-13(5-3-12)17(19)20;;;1-2;/h4-7,10-12,15H,2-3,8-9H2,1H3;2-5,8-10,14,18H,1,6-7,11H2;2*1H;;1H/q2*+1;;;;/p-2. The van der Waals surface area contributed by atoms with Crippen LogP contribution in [0.1, 0.15) is 19.8 Å². The Morgan fingerprint density at radius 2 is 1.22 bits per heavy atom. The highest BCUT2D eigenvalue weighted by Gasteiger charge is 2.06. The van der Waals surface area contributed by atoms with Crippen LogP contribution in [0, 0.1) is 20.2 Å². The summed E-state index contributed by atoms with van der Waals surface area (Å²) in [5, 5.41) is 36.4. The smallest absolute Gasteiger partial charge is 0.269 e. The number of hydrogen-bond acceptors (Lipinski definition) is 7. The third-order valence-electron chi connectivity index (χ3n) is 6.02. The van der Waals surface area contributed by atoms with Gasteiger partial charge in [-0.1, -0.05) is 0 Å². The Bertz CT molecular complexity index is 1260. The summed E-state index contributed by atoms with van der Waals surface area (Å²) in [6, 6.07) is 12.9. The van der Waals surface area contributed by atoms with Gasteiger partial charge in [0.1, 0.15) is 24.8 Å². The van der Waals surface area contributed by atoms with Gasteiger partial charge in [0, 0.05) is 98.8 Å². The lowest BCUT2D eigenvalue weighted by Crippen LogP contribution is -3.00. The number of aromatic nitrogens is 4. The van der Waals surface area contributed by atoms with Crippen molar-refractivity contribution >= 4 is 84.0 Å². The molecule has 0 saturated heterocycles. The van der Waals surface area contributed by atoms with Crippen LogP contribution >= 0.6 is 61.2 Å². The molecule has 0 amide bonds. The van der Waals surface area contributed by atoms with Gasteiger partial charge in [0.05, 0.1) is 29.5 Å². The number of hydrogen-bond donors (Lipinski definition) is 3. The molecular formula is C27H37Cl2I3N8O5. The maximum Gasteiger partial charge on any atom is 0.269 e. The topological polar surface area (TPSA) is 148 Å². The predicted octanol–water partition coefficient (Wildman–Crippen LogP) is -0.261. The zero-order valence-corrected chi connectivity index (χ0v) is 32.6. The van der Waals surface area contributed by atoms with E-state index < -0.39 is 9.85 Å². The molecule has 2 aromatic carbocycles. The van der Waals surface area contributed by atoms with Gasteiger partial charge >= 0.3 is 0 Å². The van der Waals surface area contributed by atoms with Crippen LogP contribution < -0.4 is 44.6 Å². The molecule has 18 heteroatoms. The second kappa shape index (κ2) is 26.1. The molecule has 0 radical (unpaired) electrons. The van der Waals surface area contributed by atoms with Crippen molar-refractivity contribution in [2.45, 2.75) is 46.1 Å². The quantitative estimate of drug-likeness (QED) is 0.0519. The minimum Gasteiger partial charge on any atom is -1.00 e. The van der Waals surface area contributed by atoms with Crippen LogP contribution in [0.4, 0.5) is 22.7 Å². The van der Waals surface area contributed by atoms with Crippen molar-refractivity contribution in [1.29, 1.82) is 0 Å². The minimum atomic E-state index is -0.410. The first kappa shape index (κ1) is 45.1. The molecule has 0 fully saturated rings. The lowest BCUT2D eigenvalue weighted by Gasteiger charge is -2.04. The number of aliphatic hydroxyl groups is 1. The molecule has 2 aromatic heterocycles. The van der Waals surface area contributed by atoms with E-state index in [4.69, 9.17) is 5.11 Å². The van der Waals surface area contributed by atoms with Crippen LogP contribution in [-0.4, -0.2) is 37.2 Å². The maximum absolute atomic E-state index is 10.5. The first-order valence-corrected chi connectivity index (χ1v) is 19.5. The number of nitrogens with zero attached hydrogens (tertiary/aromatic N) is 6. The van der Waals surface area contributed by atoms with Gasteiger partial charge in [0.15, 0.2) is 6.73 Å². The van der Waals surface area contributed by atoms with Gasteiger partial charge in [-0.05, 0) is 31.2 Å². The van der Waals surface area contributed by atoms with Crippen molar-refractivity contribution in [2.75, 3.05) is 23.7 Å². The second-order valence-corrected chi connectivity index (χ2v) is 8.96. The van der Waals surface area contributed by atoms with Crippen molar-refractivity contribution < 1.29 is 48.9 Å². The average molecular weight is 1010 g/mol. The minimum absolute atomic E-state index is 0. The number of imidazole rings is 2. The Kier molecular flexibility index (Phi) is 26.2. The van der Waals surface area contributed by atoms with Crippen molar-refractivity contribution in [3.8, 4) is 0 Å². The van der Waals surface area contributed by atoms with Gasteiger partial charge in [0.25, 0.3) is 11.4 Å². The van der Waals surface area contributed by atoms with E-state index in [1.165, 1.54) is 24.3 Å². The number of nitrogens with one attached hydrogen (secondary N) is 2. The Balaban J connectivity index is 0. The van der Waals surface area contributed by atoms with E-state index in [0.717, 1.165) is 56.9 Å². The van der Waals surface area contributed by atoms with Crippen LogP contribution in [0.2, 0.25) is 0 Å². The van der Waals surface area contributed by atoms with E-state index in [2.05, 4.69) is 82.6 Å². The number of non-ortho nitro benzene ring substituents is 2. The SMILES string of the molecule is CCn1cc[n+](CCCNc2ccc([N+](=O)[O-])cc2)c1.I.II.O=[N+]([O-])c1ccc(NCCCn2cc[n+](CO)c2)cc1.[Cl-].[Cl-]. The maximum atomic E-state index is 10.5. The molecule has 0 aliphatic carbocycles. The molecule has 0 aliphatic heterocycles. The highest BCUT2D eigenvalue weighted by molar-refractivity contribution is 15.0. The summed E-state index contributed by atoms with van der Waals surface area (Å²) in [7, 11) is 0. The number of benzene rings is 2. The molecule has 45 heavy (non-hydrogen) atoms. The van der Waals surface area contributed by atoms with Gasteiger partial charge in [-0.15, -0.1) is 24.0 Å². The molecule has 0 aliphatic rings. The molecule has 3 N–H and O–H groups in total. The van der Waals surface area contributed by atoms with Crippen LogP contribution in [0.3, 0.4) is 0 Å². The number of nitro benzene ring substituents is 2. The van der Waals surface area contributed by atoms with Crippen LogP contribution in [-0.2, 0) is 26.4 Å². The van der Waals surface area contributed by atoms with Gasteiger partial charge in [0.2, 0.25) is 12.7 Å². The Labute approximate surface area is 315 Å². The van der Waals surface area contributed by atoms with Crippen molar-refractivity contribution in [1.82, 2.24) is 9.13 Å². The highest BCUT2D eigenvalue weighted by atomic mass is 128. The third-order valence-corrected chi connectivity index (χ3v) is 6.02. The van der Waals surface area contributed by atoms with E-state index in [1.54, 1.807) is 28.8 Å². The van der Waals surface area contributed by atoms with Crippen molar-refractivity contribution in [3.63, 3.8) is 0 Å². The van der Waals surface area contributed by atoms with E-state index >= 15 is 0 Å². The summed E-state index contributed by atoms with van der Waals surface area (Å²) in [6.07, 6.45) is 13.7. The lowest BCUT2D eigenvalue weighted by molar-refractivity contribution is -0.729. The second-order valence-electron chi connectivity index (χ2n) is 8.96. The fourth-order valence-electron chi connectivity index (χ4n) is 3.80. The Morgan fingerprint density at radius 1 is 0.778 bits per heavy atom. The molecule has 4 rings (SSSR count). The summed E-state index contributed by atoms with van der Waals surface area (Å²) >= 11 is 4.24. The average Bonchev–Trinajstić information content (AvgIpc) is 3.69. The molecule has 0 spiro atoms. The van der Waals surface area contributed by atoms with E-state index in [-0.39, 0.29) is 66.9 Å². The van der Waals surface area contributed by atoms with E-state index in [1.807, 2.05) is 23.3 Å². The van der Waals surface area contributed by atoms with Crippen LogP contribution in [0.5, 0.6) is 0 Å². The van der Waals surface area contributed by atoms with Gasteiger partial charge in [-0.2, -0.15) is 0 Å². The lowest BCUT2D eigenvalue weighted by atomic mass is 10.3. The fourth-order valence-corrected chi connectivity index (χ4v) is 3.80. The molecule has 250 valence electrons. The fraction of sp³-hybridized carbons (Fsp3) is 0.333. The normalized spacial score (nSPS) is 9.42. The molecule has 0 unspecified atom stereocenters. The van der Waals surface area contributed by atoms with E-state index in [9.17, 15) is 20.2 Å². The summed E-state index contributed by atoms with van der Waals surface area (Å²) in [5.41, 5.74) is 1.99. The monoisotopic (exact) mass is 1000 g/mol. The number of aliphatic hydroxyl groups excluding tert-OH is 1. The number of rotatable bonds is 14. The highest BCUT2D eigenvalue weighted by Crippen LogP contribution is 2.16. The molecule has 0 atom stereocenters. The molecule has 13 nitrogen and oxygen atoms in total. The first-order valence-electron chi connectivity index (χ1n) is 13.2. The van der Waals surface area contributed by atoms with E-state index in [0.29, 0.717) is 0 Å². The van der Waals surface area contributed by atoms with Crippen LogP contribution in [0.25, 0.3) is 0 Å². The Morgan fingerprint density at radius 3 is 1.64 bits per heavy atom. The molecule has 0 bridgehead atoms. The summed E-state index contributed by atoms with van der Waals surface area (Å²) in [6.45, 7) is 6.47. The zero-order valence-electron chi connectivity index (χ0n) is 24.4. The number of anilines is 2. The predicted molar refractivity (Wildman–Crippen MR) is 193 cm³/mol. The summed E-state index contributed by atoms with van der Waals surface area (Å²) < 4.78 is 7.96. The molecular weight excluding hydrogens is 968 g/mol. The Hall–Kier alpha value is -2.01. The summed E-state index contributed by atoms with van der Waals surface area (Å²) in [4.78, 5) is 20.3. The van der Waals surface area contributed by atoms with Gasteiger partial charge < -0.3 is 40.6 Å². The van der Waals surface area contributed by atoms with Crippen molar-refractivity contribution in [3.05, 3.63) is 106 Å². The molecule has 0 saturated carbocycles. The first-order chi connectivity index (χ1) is 20.4. The molecule has 2 heterocycles. The van der Waals surface area contributed by atoms with Crippen molar-refractivity contribution in [2.24, 2.45) is 0 Å². The number of aryl methyl sites for hydroxylation is 3. The zero-order chi connectivity index (χ0) is 30.7. The van der Waals surface area contributed by atoms with Crippen LogP contribution in [0.15, 0.2) is 86.0 Å². The summed E-state index contributed by atoms with van der Waals surface area (Å²) in [5.74, 6) is 0.